The second-order valence-corrected chi connectivity index (χ2v) is 2.85. The van der Waals surface area contributed by atoms with Gasteiger partial charge in [0.15, 0.2) is 0 Å². The Hall–Kier alpha value is -0.830. The lowest BCUT2D eigenvalue weighted by Crippen LogP contribution is -2.21. The van der Waals surface area contributed by atoms with Crippen molar-refractivity contribution in [2.45, 2.75) is 12.4 Å². The van der Waals surface area contributed by atoms with E-state index in [9.17, 15) is 13.2 Å². The van der Waals surface area contributed by atoms with E-state index in [2.05, 4.69) is 0 Å². The lowest BCUT2D eigenvalue weighted by Gasteiger charge is -1.97. The minimum atomic E-state index is -5.84. The van der Waals surface area contributed by atoms with Gasteiger partial charge in [-0.1, -0.05) is 0 Å². The maximum absolute atomic E-state index is 10.7. The molecule has 0 atom stereocenters. The van der Waals surface area contributed by atoms with E-state index in [1.54, 1.807) is 0 Å². The zero-order valence-corrected chi connectivity index (χ0v) is 6.48. The molecule has 0 aliphatic carbocycles. The van der Waals surface area contributed by atoms with Crippen LogP contribution in [-0.4, -0.2) is 29.6 Å². The van der Waals surface area contributed by atoms with Gasteiger partial charge < -0.3 is 5.11 Å². The molecule has 0 saturated carbocycles. The number of hydrogen-bond acceptors (Lipinski definition) is 3. The molecule has 0 aromatic carbocycles. The lowest BCUT2D eigenvalue weighted by atomic mass is 10.9. The molecule has 0 saturated heterocycles. The van der Waals surface area contributed by atoms with Crippen molar-refractivity contribution in [3.63, 3.8) is 0 Å². The molecule has 9 heteroatoms. The number of carbonyl (C=O) groups is 1. The molecular formula is C3H5F3O5S. The molecule has 2 N–H and O–H groups in total. The predicted octanol–water partition coefficient (Wildman–Crippen LogP) is 0.485. The van der Waals surface area contributed by atoms with Gasteiger partial charge in [0.25, 0.3) is 5.97 Å². The van der Waals surface area contributed by atoms with Crippen molar-refractivity contribution in [1.82, 2.24) is 0 Å². The summed E-state index contributed by atoms with van der Waals surface area (Å²) in [6, 6.07) is 0. The van der Waals surface area contributed by atoms with E-state index in [-0.39, 0.29) is 0 Å². The first-order chi connectivity index (χ1) is 4.98. The molecule has 0 radical (unpaired) electrons. The summed E-state index contributed by atoms with van der Waals surface area (Å²) in [4.78, 5) is 9.00. The second-order valence-electron chi connectivity index (χ2n) is 1.44. The third-order valence-corrected chi connectivity index (χ3v) is 0.877. The van der Waals surface area contributed by atoms with Crippen molar-refractivity contribution in [1.29, 1.82) is 0 Å². The highest BCUT2D eigenvalue weighted by Crippen LogP contribution is 2.20. The van der Waals surface area contributed by atoms with Crippen molar-refractivity contribution >= 4 is 16.1 Å². The van der Waals surface area contributed by atoms with Gasteiger partial charge in [-0.2, -0.15) is 21.6 Å². The maximum Gasteiger partial charge on any atom is 0.522 e. The molecule has 0 unspecified atom stereocenters. The summed E-state index contributed by atoms with van der Waals surface area (Å²) >= 11 is 0. The Morgan fingerprint density at radius 1 is 1.33 bits per heavy atom. The van der Waals surface area contributed by atoms with Crippen molar-refractivity contribution in [3.8, 4) is 0 Å². The molecule has 0 heterocycles. The van der Waals surface area contributed by atoms with Crippen LogP contribution in [-0.2, 0) is 14.9 Å². The highest BCUT2D eigenvalue weighted by atomic mass is 32.2. The number of carboxylic acids is 1. The third-order valence-electron chi connectivity index (χ3n) is 0.292. The molecule has 0 fully saturated rings. The minimum absolute atomic E-state index is 0.833. The van der Waals surface area contributed by atoms with Crippen LogP contribution in [0.3, 0.4) is 0 Å². The summed E-state index contributed by atoms with van der Waals surface area (Å²) in [6.45, 7) is 1.08. The van der Waals surface area contributed by atoms with Crippen LogP contribution in [0.15, 0.2) is 0 Å². The quantitative estimate of drug-likeness (QED) is 0.448. The van der Waals surface area contributed by atoms with Gasteiger partial charge in [0.1, 0.15) is 0 Å². The summed E-state index contributed by atoms with van der Waals surface area (Å²) in [5, 5.41) is 7.42. The van der Waals surface area contributed by atoms with E-state index in [4.69, 9.17) is 22.9 Å². The minimum Gasteiger partial charge on any atom is -0.481 e. The number of rotatable bonds is 0. The monoisotopic (exact) mass is 210 g/mol. The lowest BCUT2D eigenvalue weighted by molar-refractivity contribution is -0.134. The van der Waals surface area contributed by atoms with Crippen LogP contribution in [0.2, 0.25) is 0 Å². The van der Waals surface area contributed by atoms with Crippen molar-refractivity contribution in [3.05, 3.63) is 0 Å². The fraction of sp³-hybridized carbons (Fsp3) is 0.667. The number of carboxylic acid groups (broad SMARTS) is 1. The molecule has 0 bridgehead atoms. The van der Waals surface area contributed by atoms with Gasteiger partial charge in [-0.3, -0.25) is 9.35 Å². The Bertz CT molecular complexity index is 235. The van der Waals surface area contributed by atoms with Crippen LogP contribution < -0.4 is 0 Å². The average molecular weight is 210 g/mol. The van der Waals surface area contributed by atoms with Crippen molar-refractivity contribution in [2.24, 2.45) is 0 Å². The molecule has 0 spiro atoms. The summed E-state index contributed by atoms with van der Waals surface area (Å²) in [6.07, 6.45) is 0. The smallest absolute Gasteiger partial charge is 0.481 e. The summed E-state index contributed by atoms with van der Waals surface area (Å²) < 4.78 is 57.5. The molecule has 0 aromatic rings. The highest BCUT2D eigenvalue weighted by Gasteiger charge is 2.44. The van der Waals surface area contributed by atoms with Gasteiger partial charge >= 0.3 is 15.6 Å². The fourth-order valence-electron chi connectivity index (χ4n) is 0. The van der Waals surface area contributed by atoms with Gasteiger partial charge in [0.2, 0.25) is 0 Å². The standard InChI is InChI=1S/C2H4O2.CHF3O3S/c1-2(3)4;2-1(3,4)8(5,6)7/h1H3,(H,3,4);(H,5,6,7). The van der Waals surface area contributed by atoms with E-state index in [0.717, 1.165) is 6.92 Å². The number of hydrogen-bond donors (Lipinski definition) is 2. The van der Waals surface area contributed by atoms with Gasteiger partial charge in [0, 0.05) is 6.92 Å². The Morgan fingerprint density at radius 2 is 1.42 bits per heavy atom. The normalized spacial score (nSPS) is 11.4. The Labute approximate surface area is 65.6 Å². The first-order valence-electron chi connectivity index (χ1n) is 2.21. The SMILES string of the molecule is CC(=O)O.O=S(=O)(O)C(F)(F)F. The van der Waals surface area contributed by atoms with E-state index >= 15 is 0 Å². The van der Waals surface area contributed by atoms with E-state index in [1.165, 1.54) is 0 Å². The Morgan fingerprint density at radius 3 is 1.42 bits per heavy atom. The Kier molecular flexibility index (Phi) is 4.88. The largest absolute Gasteiger partial charge is 0.522 e. The molecule has 12 heavy (non-hydrogen) atoms. The van der Waals surface area contributed by atoms with Crippen molar-refractivity contribution in [2.75, 3.05) is 0 Å². The van der Waals surface area contributed by atoms with Gasteiger partial charge in [-0.15, -0.1) is 0 Å². The van der Waals surface area contributed by atoms with Crippen LogP contribution >= 0.6 is 0 Å². The summed E-state index contributed by atoms with van der Waals surface area (Å²) in [5.41, 5.74) is -5.53. The molecule has 0 rings (SSSR count). The zero-order chi connectivity index (χ0) is 10.6. The summed E-state index contributed by atoms with van der Waals surface area (Å²) in [5.74, 6) is -0.833. The van der Waals surface area contributed by atoms with E-state index in [1.807, 2.05) is 0 Å². The van der Waals surface area contributed by atoms with Crippen LogP contribution in [0.1, 0.15) is 6.92 Å². The van der Waals surface area contributed by atoms with Crippen LogP contribution in [0.5, 0.6) is 0 Å². The molecule has 0 aliphatic rings. The molecule has 5 nitrogen and oxygen atoms in total. The van der Waals surface area contributed by atoms with Crippen LogP contribution in [0.25, 0.3) is 0 Å². The third kappa shape index (κ3) is 9.17. The first kappa shape index (κ1) is 13.7. The summed E-state index contributed by atoms with van der Waals surface area (Å²) in [7, 11) is -5.84. The van der Waals surface area contributed by atoms with Gasteiger partial charge in [-0.05, 0) is 0 Å². The van der Waals surface area contributed by atoms with Crippen LogP contribution in [0.4, 0.5) is 13.2 Å². The van der Waals surface area contributed by atoms with Gasteiger partial charge in [0.05, 0.1) is 0 Å². The number of halogens is 3. The molecular weight excluding hydrogens is 205 g/mol. The van der Waals surface area contributed by atoms with Crippen LogP contribution in [0, 0.1) is 0 Å². The number of alkyl halides is 3. The predicted molar refractivity (Wildman–Crippen MR) is 30.9 cm³/mol. The maximum atomic E-state index is 10.7. The Balaban J connectivity index is 0. The number of aliphatic carboxylic acids is 1. The highest BCUT2D eigenvalue weighted by molar-refractivity contribution is 7.86. The fourth-order valence-corrected chi connectivity index (χ4v) is 0. The molecule has 0 aromatic heterocycles. The molecule has 0 aliphatic heterocycles. The first-order valence-corrected chi connectivity index (χ1v) is 3.65. The van der Waals surface area contributed by atoms with Crippen molar-refractivity contribution < 1.29 is 36.0 Å². The average Bonchev–Trinajstić information content (AvgIpc) is 1.55. The zero-order valence-electron chi connectivity index (χ0n) is 5.66. The van der Waals surface area contributed by atoms with Gasteiger partial charge in [-0.25, -0.2) is 0 Å². The molecule has 0 amide bonds. The van der Waals surface area contributed by atoms with E-state index in [0.29, 0.717) is 0 Å². The second kappa shape index (κ2) is 4.26. The topological polar surface area (TPSA) is 91.7 Å². The van der Waals surface area contributed by atoms with E-state index < -0.39 is 21.6 Å². The molecule has 74 valence electrons.